The van der Waals surface area contributed by atoms with Gasteiger partial charge in [0.1, 0.15) is 0 Å². The molecule has 1 nitrogen and oxygen atoms in total. The molecule has 1 aromatic heterocycles. The molecule has 0 aliphatic carbocycles. The molecule has 1 atom stereocenters. The fourth-order valence-electron chi connectivity index (χ4n) is 1.91. The van der Waals surface area contributed by atoms with E-state index in [1.54, 1.807) is 0 Å². The minimum absolute atomic E-state index is 0.599. The van der Waals surface area contributed by atoms with Crippen molar-refractivity contribution in [3.05, 3.63) is 42.1 Å². The van der Waals surface area contributed by atoms with E-state index in [2.05, 4.69) is 59.0 Å². The number of aryl methyl sites for hydroxylation is 1. The van der Waals surface area contributed by atoms with Crippen molar-refractivity contribution in [1.29, 1.82) is 0 Å². The van der Waals surface area contributed by atoms with Crippen LogP contribution in [-0.2, 0) is 6.42 Å². The number of benzene rings is 1. The molecule has 17 heavy (non-hydrogen) atoms. The van der Waals surface area contributed by atoms with Gasteiger partial charge in [-0.3, -0.25) is 4.98 Å². The molecule has 0 N–H and O–H groups in total. The van der Waals surface area contributed by atoms with Gasteiger partial charge in [0, 0.05) is 16.4 Å². The Hall–Kier alpha value is -0.890. The van der Waals surface area contributed by atoms with Crippen LogP contribution in [0.4, 0.5) is 0 Å². The highest BCUT2D eigenvalue weighted by Gasteiger charge is 2.09. The van der Waals surface area contributed by atoms with Gasteiger partial charge < -0.3 is 0 Å². The predicted octanol–water partition coefficient (Wildman–Crippen LogP) is 4.59. The molecular weight excluding hydrogens is 274 g/mol. The Bertz CT molecular complexity index is 493. The Kier molecular flexibility index (Phi) is 4.16. The van der Waals surface area contributed by atoms with Gasteiger partial charge in [0.25, 0.3) is 0 Å². The Morgan fingerprint density at radius 2 is 2.06 bits per heavy atom. The molecule has 1 heterocycles. The summed E-state index contributed by atoms with van der Waals surface area (Å²) in [6.45, 7) is 4.50. The highest BCUT2D eigenvalue weighted by Crippen LogP contribution is 2.20. The van der Waals surface area contributed by atoms with Crippen LogP contribution in [0.5, 0.6) is 0 Å². The molecule has 1 unspecified atom stereocenters. The van der Waals surface area contributed by atoms with E-state index < -0.39 is 0 Å². The van der Waals surface area contributed by atoms with Crippen molar-refractivity contribution in [3.8, 4) is 0 Å². The van der Waals surface area contributed by atoms with E-state index in [0.29, 0.717) is 10.7 Å². The van der Waals surface area contributed by atoms with Gasteiger partial charge in [0.15, 0.2) is 0 Å². The molecule has 0 spiro atoms. The molecule has 1 aromatic carbocycles. The van der Waals surface area contributed by atoms with Crippen LogP contribution in [-0.4, -0.2) is 9.81 Å². The Morgan fingerprint density at radius 1 is 1.24 bits per heavy atom. The molecule has 0 saturated heterocycles. The zero-order chi connectivity index (χ0) is 12.3. The van der Waals surface area contributed by atoms with E-state index in [-0.39, 0.29) is 0 Å². The SMILES string of the molecule is CC(C)C(Br)CCc1ccc2cccnc2c1. The van der Waals surface area contributed by atoms with Crippen LogP contribution in [0, 0.1) is 5.92 Å². The summed E-state index contributed by atoms with van der Waals surface area (Å²) in [7, 11) is 0. The molecule has 0 fully saturated rings. The molecule has 0 saturated carbocycles. The van der Waals surface area contributed by atoms with Crippen LogP contribution in [0.1, 0.15) is 25.8 Å². The predicted molar refractivity (Wildman–Crippen MR) is 77.6 cm³/mol. The summed E-state index contributed by atoms with van der Waals surface area (Å²) in [5.74, 6) is 0.689. The Morgan fingerprint density at radius 3 is 2.82 bits per heavy atom. The number of fused-ring (bicyclic) bond motifs is 1. The molecule has 0 radical (unpaired) electrons. The molecule has 0 bridgehead atoms. The van der Waals surface area contributed by atoms with Crippen molar-refractivity contribution in [2.75, 3.05) is 0 Å². The van der Waals surface area contributed by atoms with Gasteiger partial charge in [-0.15, -0.1) is 0 Å². The summed E-state index contributed by atoms with van der Waals surface area (Å²) >= 11 is 3.73. The molecule has 0 amide bonds. The molecule has 0 aliphatic heterocycles. The molecular formula is C15H18BrN. The first kappa shape index (κ1) is 12.6. The van der Waals surface area contributed by atoms with Crippen LogP contribution in [0.25, 0.3) is 10.9 Å². The molecule has 2 rings (SSSR count). The summed E-state index contributed by atoms with van der Waals surface area (Å²) < 4.78 is 0. The van der Waals surface area contributed by atoms with Crippen molar-refractivity contribution in [2.24, 2.45) is 5.92 Å². The number of rotatable bonds is 4. The van der Waals surface area contributed by atoms with Crippen LogP contribution < -0.4 is 0 Å². The van der Waals surface area contributed by atoms with Gasteiger partial charge in [-0.1, -0.05) is 48.0 Å². The number of hydrogen-bond donors (Lipinski definition) is 0. The van der Waals surface area contributed by atoms with Gasteiger partial charge in [-0.25, -0.2) is 0 Å². The lowest BCUT2D eigenvalue weighted by atomic mass is 10.0. The normalized spacial score (nSPS) is 13.2. The first-order valence-corrected chi connectivity index (χ1v) is 7.06. The summed E-state index contributed by atoms with van der Waals surface area (Å²) in [6, 6.07) is 10.7. The molecule has 2 heteroatoms. The number of alkyl halides is 1. The van der Waals surface area contributed by atoms with E-state index in [0.717, 1.165) is 11.9 Å². The summed E-state index contributed by atoms with van der Waals surface area (Å²) in [5.41, 5.74) is 2.47. The first-order chi connectivity index (χ1) is 8.16. The van der Waals surface area contributed by atoms with E-state index in [4.69, 9.17) is 0 Å². The minimum atomic E-state index is 0.599. The lowest BCUT2D eigenvalue weighted by Gasteiger charge is -2.13. The van der Waals surface area contributed by atoms with Crippen LogP contribution in [0.2, 0.25) is 0 Å². The lowest BCUT2D eigenvalue weighted by molar-refractivity contribution is 0.582. The van der Waals surface area contributed by atoms with Crippen molar-refractivity contribution in [2.45, 2.75) is 31.5 Å². The zero-order valence-corrected chi connectivity index (χ0v) is 11.9. The Balaban J connectivity index is 2.09. The first-order valence-electron chi connectivity index (χ1n) is 6.14. The van der Waals surface area contributed by atoms with Gasteiger partial charge in [-0.2, -0.15) is 0 Å². The van der Waals surface area contributed by atoms with Gasteiger partial charge in [-0.05, 0) is 36.5 Å². The number of aromatic nitrogens is 1. The fourth-order valence-corrected chi connectivity index (χ4v) is 2.13. The Labute approximate surface area is 111 Å². The minimum Gasteiger partial charge on any atom is -0.256 e. The lowest BCUT2D eigenvalue weighted by Crippen LogP contribution is -2.08. The molecule has 90 valence electrons. The maximum atomic E-state index is 4.39. The smallest absolute Gasteiger partial charge is 0.0704 e. The van der Waals surface area contributed by atoms with Gasteiger partial charge >= 0.3 is 0 Å². The third-order valence-electron chi connectivity index (χ3n) is 3.10. The molecule has 0 aliphatic rings. The van der Waals surface area contributed by atoms with Gasteiger partial charge in [0.2, 0.25) is 0 Å². The fraction of sp³-hybridized carbons (Fsp3) is 0.400. The number of pyridine rings is 1. The average molecular weight is 292 g/mol. The average Bonchev–Trinajstić information content (AvgIpc) is 2.35. The largest absolute Gasteiger partial charge is 0.256 e. The maximum Gasteiger partial charge on any atom is 0.0704 e. The maximum absolute atomic E-state index is 4.39. The second kappa shape index (κ2) is 5.63. The second-order valence-corrected chi connectivity index (χ2v) is 6.01. The van der Waals surface area contributed by atoms with Crippen molar-refractivity contribution in [1.82, 2.24) is 4.98 Å². The van der Waals surface area contributed by atoms with Gasteiger partial charge in [0.05, 0.1) is 5.52 Å². The third-order valence-corrected chi connectivity index (χ3v) is 4.62. The number of halogens is 1. The summed E-state index contributed by atoms with van der Waals surface area (Å²) in [4.78, 5) is 4.99. The zero-order valence-electron chi connectivity index (χ0n) is 10.4. The standard InChI is InChI=1S/C15H18BrN/c1-11(2)14(16)8-6-12-5-7-13-4-3-9-17-15(13)10-12/h3-5,7,9-11,14H,6,8H2,1-2H3. The summed E-state index contributed by atoms with van der Waals surface area (Å²) in [6.07, 6.45) is 4.14. The van der Waals surface area contributed by atoms with E-state index in [1.165, 1.54) is 17.4 Å². The van der Waals surface area contributed by atoms with E-state index >= 15 is 0 Å². The third kappa shape index (κ3) is 3.29. The highest BCUT2D eigenvalue weighted by molar-refractivity contribution is 9.09. The van der Waals surface area contributed by atoms with Crippen molar-refractivity contribution < 1.29 is 0 Å². The summed E-state index contributed by atoms with van der Waals surface area (Å²) in [5, 5.41) is 1.22. The van der Waals surface area contributed by atoms with Crippen LogP contribution >= 0.6 is 15.9 Å². The monoisotopic (exact) mass is 291 g/mol. The highest BCUT2D eigenvalue weighted by atomic mass is 79.9. The van der Waals surface area contributed by atoms with E-state index in [9.17, 15) is 0 Å². The quantitative estimate of drug-likeness (QED) is 0.751. The number of hydrogen-bond acceptors (Lipinski definition) is 1. The molecule has 2 aromatic rings. The van der Waals surface area contributed by atoms with E-state index in [1.807, 2.05) is 12.3 Å². The van der Waals surface area contributed by atoms with Crippen LogP contribution in [0.15, 0.2) is 36.5 Å². The number of nitrogens with zero attached hydrogens (tertiary/aromatic N) is 1. The topological polar surface area (TPSA) is 12.9 Å². The van der Waals surface area contributed by atoms with Crippen LogP contribution in [0.3, 0.4) is 0 Å². The van der Waals surface area contributed by atoms with Crippen molar-refractivity contribution in [3.63, 3.8) is 0 Å². The second-order valence-electron chi connectivity index (χ2n) is 4.83. The van der Waals surface area contributed by atoms with Crippen molar-refractivity contribution >= 4 is 26.8 Å².